The van der Waals surface area contributed by atoms with Crippen LogP contribution < -0.4 is 13.3 Å². The van der Waals surface area contributed by atoms with Crippen molar-refractivity contribution in [3.8, 4) is 5.75 Å². The maximum atomic E-state index is 12.9. The van der Waals surface area contributed by atoms with Gasteiger partial charge in [0.15, 0.2) is 0 Å². The van der Waals surface area contributed by atoms with Gasteiger partial charge < -0.3 is 4.74 Å². The molecule has 1 saturated heterocycles. The van der Waals surface area contributed by atoms with E-state index in [-0.39, 0.29) is 6.04 Å². The molecule has 1 fully saturated rings. The lowest BCUT2D eigenvalue weighted by atomic mass is 10.1. The number of hydrogen-bond donors (Lipinski definition) is 0. The van der Waals surface area contributed by atoms with E-state index in [2.05, 4.69) is 0 Å². The fraction of sp³-hybridized carbons (Fsp3) is 0.250. The number of anilines is 2. The van der Waals surface area contributed by atoms with Crippen LogP contribution in [-0.2, 0) is 16.6 Å². The Morgan fingerprint density at radius 2 is 1.82 bits per heavy atom. The van der Waals surface area contributed by atoms with E-state index < -0.39 is 10.2 Å². The van der Waals surface area contributed by atoms with Crippen molar-refractivity contribution in [2.75, 3.05) is 22.3 Å². The summed E-state index contributed by atoms with van der Waals surface area (Å²) >= 11 is 0. The summed E-state index contributed by atoms with van der Waals surface area (Å²) in [4.78, 5) is 0. The summed E-state index contributed by atoms with van der Waals surface area (Å²) in [7, 11) is -1.93. The minimum atomic E-state index is -3.52. The SMILES string of the molecule is COc1ccc(N2CC3Cc4ccccc4N3S2(=O)=O)cc1. The Kier molecular flexibility index (Phi) is 2.84. The first-order chi connectivity index (χ1) is 10.6. The highest BCUT2D eigenvalue weighted by molar-refractivity contribution is 7.94. The van der Waals surface area contributed by atoms with Crippen LogP contribution in [0, 0.1) is 0 Å². The van der Waals surface area contributed by atoms with Crippen molar-refractivity contribution in [1.29, 1.82) is 0 Å². The predicted molar refractivity (Wildman–Crippen MR) is 85.7 cm³/mol. The van der Waals surface area contributed by atoms with E-state index in [1.54, 1.807) is 35.7 Å². The van der Waals surface area contributed by atoms with Gasteiger partial charge in [0.1, 0.15) is 5.75 Å². The normalized spacial score (nSPS) is 21.6. The molecular weight excluding hydrogens is 300 g/mol. The summed E-state index contributed by atoms with van der Waals surface area (Å²) in [5, 5.41) is 0. The van der Waals surface area contributed by atoms with Gasteiger partial charge in [-0.05, 0) is 42.3 Å². The Labute approximate surface area is 129 Å². The van der Waals surface area contributed by atoms with Crippen LogP contribution in [0.2, 0.25) is 0 Å². The zero-order valence-electron chi connectivity index (χ0n) is 12.1. The smallest absolute Gasteiger partial charge is 0.326 e. The van der Waals surface area contributed by atoms with Crippen molar-refractivity contribution in [2.24, 2.45) is 0 Å². The van der Waals surface area contributed by atoms with E-state index in [9.17, 15) is 8.42 Å². The lowest BCUT2D eigenvalue weighted by molar-refractivity contribution is 0.415. The standard InChI is InChI=1S/C16H16N2O3S/c1-21-15-8-6-13(7-9-15)17-11-14-10-12-4-2-3-5-16(12)18(14)22(17,19)20/h2-9,14H,10-11H2,1H3. The molecular formula is C16H16N2O3S. The Bertz CT molecular complexity index is 818. The molecule has 0 aliphatic carbocycles. The van der Waals surface area contributed by atoms with Gasteiger partial charge >= 0.3 is 10.2 Å². The summed E-state index contributed by atoms with van der Waals surface area (Å²) in [6, 6.07) is 14.8. The van der Waals surface area contributed by atoms with Crippen LogP contribution in [0.4, 0.5) is 11.4 Å². The highest BCUT2D eigenvalue weighted by atomic mass is 32.2. The van der Waals surface area contributed by atoms with E-state index in [1.165, 1.54) is 4.31 Å². The van der Waals surface area contributed by atoms with Crippen LogP contribution in [-0.4, -0.2) is 28.1 Å². The maximum Gasteiger partial charge on any atom is 0.326 e. The molecule has 6 heteroatoms. The van der Waals surface area contributed by atoms with Crippen molar-refractivity contribution in [2.45, 2.75) is 12.5 Å². The third kappa shape index (κ3) is 1.80. The molecule has 0 saturated carbocycles. The van der Waals surface area contributed by atoms with E-state index in [4.69, 9.17) is 4.74 Å². The van der Waals surface area contributed by atoms with E-state index in [0.717, 1.165) is 17.7 Å². The second-order valence-corrected chi connectivity index (χ2v) is 7.25. The topological polar surface area (TPSA) is 49.9 Å². The second-order valence-electron chi connectivity index (χ2n) is 5.52. The van der Waals surface area contributed by atoms with Crippen LogP contribution >= 0.6 is 0 Å². The highest BCUT2D eigenvalue weighted by Gasteiger charge is 2.48. The van der Waals surface area contributed by atoms with Crippen LogP contribution in [0.1, 0.15) is 5.56 Å². The van der Waals surface area contributed by atoms with Crippen LogP contribution in [0.15, 0.2) is 48.5 Å². The second kappa shape index (κ2) is 4.64. The first-order valence-corrected chi connectivity index (χ1v) is 8.55. The Balaban J connectivity index is 1.74. The third-order valence-corrected chi connectivity index (χ3v) is 6.19. The third-order valence-electron chi connectivity index (χ3n) is 4.28. The molecule has 2 heterocycles. The monoisotopic (exact) mass is 316 g/mol. The van der Waals surface area contributed by atoms with E-state index in [1.807, 2.05) is 24.3 Å². The number of nitrogens with zero attached hydrogens (tertiary/aromatic N) is 2. The first kappa shape index (κ1) is 13.5. The fourth-order valence-electron chi connectivity index (χ4n) is 3.26. The highest BCUT2D eigenvalue weighted by Crippen LogP contribution is 2.41. The van der Waals surface area contributed by atoms with Gasteiger partial charge in [-0.15, -0.1) is 0 Å². The van der Waals surface area contributed by atoms with Crippen molar-refractivity contribution >= 4 is 21.6 Å². The number of hydrogen-bond acceptors (Lipinski definition) is 3. The van der Waals surface area contributed by atoms with Crippen molar-refractivity contribution in [1.82, 2.24) is 0 Å². The van der Waals surface area contributed by atoms with Gasteiger partial charge in [0.2, 0.25) is 0 Å². The van der Waals surface area contributed by atoms with Crippen molar-refractivity contribution < 1.29 is 13.2 Å². The molecule has 22 heavy (non-hydrogen) atoms. The molecule has 1 atom stereocenters. The molecule has 0 spiro atoms. The Hall–Kier alpha value is -2.21. The summed E-state index contributed by atoms with van der Waals surface area (Å²) in [6.45, 7) is 0.476. The molecule has 0 aromatic heterocycles. The van der Waals surface area contributed by atoms with Crippen molar-refractivity contribution in [3.63, 3.8) is 0 Å². The number of para-hydroxylation sites is 1. The van der Waals surface area contributed by atoms with Crippen molar-refractivity contribution in [3.05, 3.63) is 54.1 Å². The van der Waals surface area contributed by atoms with Gasteiger partial charge in [0.05, 0.1) is 31.1 Å². The van der Waals surface area contributed by atoms with Gasteiger partial charge in [-0.2, -0.15) is 8.42 Å². The number of fused-ring (bicyclic) bond motifs is 3. The van der Waals surface area contributed by atoms with Gasteiger partial charge in [-0.25, -0.2) is 4.31 Å². The molecule has 1 unspecified atom stereocenters. The quantitative estimate of drug-likeness (QED) is 0.853. The zero-order chi connectivity index (χ0) is 15.3. The minimum absolute atomic E-state index is 0.0236. The lowest BCUT2D eigenvalue weighted by Gasteiger charge is -2.21. The molecule has 2 aliphatic rings. The summed E-state index contributed by atoms with van der Waals surface area (Å²) in [5.41, 5.74) is 2.58. The van der Waals surface area contributed by atoms with Gasteiger partial charge in [0.25, 0.3) is 0 Å². The molecule has 2 aromatic carbocycles. The number of methoxy groups -OCH3 is 1. The van der Waals surface area contributed by atoms with Crippen LogP contribution in [0.25, 0.3) is 0 Å². The van der Waals surface area contributed by atoms with E-state index >= 15 is 0 Å². The molecule has 114 valence electrons. The summed E-state index contributed by atoms with van der Waals surface area (Å²) < 4.78 is 34.0. The van der Waals surface area contributed by atoms with E-state index in [0.29, 0.717) is 18.0 Å². The Morgan fingerprint density at radius 3 is 2.55 bits per heavy atom. The molecule has 2 aliphatic heterocycles. The van der Waals surface area contributed by atoms with Gasteiger partial charge in [0, 0.05) is 0 Å². The first-order valence-electron chi connectivity index (χ1n) is 7.15. The molecule has 0 amide bonds. The summed E-state index contributed by atoms with van der Waals surface area (Å²) in [6.07, 6.45) is 0.766. The van der Waals surface area contributed by atoms with Gasteiger partial charge in [-0.3, -0.25) is 4.31 Å². The van der Waals surface area contributed by atoms with Crippen LogP contribution in [0.5, 0.6) is 5.75 Å². The maximum absolute atomic E-state index is 12.9. The predicted octanol–water partition coefficient (Wildman–Crippen LogP) is 2.19. The summed E-state index contributed by atoms with van der Waals surface area (Å²) in [5.74, 6) is 0.714. The lowest BCUT2D eigenvalue weighted by Crippen LogP contribution is -2.33. The average molecular weight is 316 g/mol. The largest absolute Gasteiger partial charge is 0.497 e. The Morgan fingerprint density at radius 1 is 1.09 bits per heavy atom. The number of rotatable bonds is 2. The molecule has 0 radical (unpaired) electrons. The average Bonchev–Trinajstić information content (AvgIpc) is 3.02. The minimum Gasteiger partial charge on any atom is -0.497 e. The fourth-order valence-corrected chi connectivity index (χ4v) is 5.17. The zero-order valence-corrected chi connectivity index (χ0v) is 13.0. The molecule has 0 N–H and O–H groups in total. The number of ether oxygens (including phenoxy) is 1. The molecule has 5 nitrogen and oxygen atoms in total. The molecule has 2 aromatic rings. The number of benzene rings is 2. The molecule has 4 rings (SSSR count). The van der Waals surface area contributed by atoms with Crippen LogP contribution in [0.3, 0.4) is 0 Å². The molecule has 0 bridgehead atoms. The van der Waals surface area contributed by atoms with Gasteiger partial charge in [-0.1, -0.05) is 18.2 Å².